The minimum Gasteiger partial charge on any atom is -0.493 e. The van der Waals surface area contributed by atoms with E-state index in [-0.39, 0.29) is 0 Å². The van der Waals surface area contributed by atoms with Gasteiger partial charge in [-0.15, -0.1) is 0 Å². The Morgan fingerprint density at radius 2 is 2.19 bits per heavy atom. The molecule has 0 bridgehead atoms. The van der Waals surface area contributed by atoms with Gasteiger partial charge in [-0.2, -0.15) is 0 Å². The summed E-state index contributed by atoms with van der Waals surface area (Å²) in [6.07, 6.45) is 1.11. The number of para-hydroxylation sites is 1. The van der Waals surface area contributed by atoms with Gasteiger partial charge >= 0.3 is 0 Å². The lowest BCUT2D eigenvalue weighted by molar-refractivity contribution is 0.150. The van der Waals surface area contributed by atoms with E-state index in [0.717, 1.165) is 25.4 Å². The fraction of sp³-hybridized carbons (Fsp3) is 0.538. The lowest BCUT2D eigenvalue weighted by Gasteiger charge is -2.20. The Morgan fingerprint density at radius 3 is 2.81 bits per heavy atom. The summed E-state index contributed by atoms with van der Waals surface area (Å²) in [5.74, 6) is 1.89. The molecule has 1 saturated heterocycles. The largest absolute Gasteiger partial charge is 0.493 e. The van der Waals surface area contributed by atoms with Crippen molar-refractivity contribution in [3.8, 4) is 5.75 Å². The molecule has 1 heterocycles. The minimum absolute atomic E-state index is 0.405. The van der Waals surface area contributed by atoms with Gasteiger partial charge in [0.1, 0.15) is 5.75 Å². The molecule has 0 aliphatic carbocycles. The third-order valence-electron chi connectivity index (χ3n) is 3.14. The fourth-order valence-electron chi connectivity index (χ4n) is 2.04. The van der Waals surface area contributed by atoms with E-state index in [4.69, 9.17) is 15.2 Å². The molecule has 2 rings (SSSR count). The Morgan fingerprint density at radius 1 is 1.38 bits per heavy atom. The summed E-state index contributed by atoms with van der Waals surface area (Å²) in [7, 11) is 0. The molecule has 1 aliphatic heterocycles. The summed E-state index contributed by atoms with van der Waals surface area (Å²) < 4.78 is 11.1. The Labute approximate surface area is 96.5 Å². The molecular formula is C13H19NO2. The first kappa shape index (κ1) is 11.4. The third-order valence-corrected chi connectivity index (χ3v) is 3.14. The molecule has 16 heavy (non-hydrogen) atoms. The fourth-order valence-corrected chi connectivity index (χ4v) is 2.04. The zero-order chi connectivity index (χ0) is 11.2. The van der Waals surface area contributed by atoms with Crippen LogP contribution in [0.1, 0.15) is 6.42 Å². The molecule has 0 saturated carbocycles. The van der Waals surface area contributed by atoms with Gasteiger partial charge in [-0.25, -0.2) is 0 Å². The van der Waals surface area contributed by atoms with Crippen molar-refractivity contribution in [2.24, 2.45) is 17.6 Å². The summed E-state index contributed by atoms with van der Waals surface area (Å²) in [5.41, 5.74) is 5.78. The Hall–Kier alpha value is -1.06. The summed E-state index contributed by atoms with van der Waals surface area (Å²) in [4.78, 5) is 0. The predicted octanol–water partition coefficient (Wildman–Crippen LogP) is 1.68. The van der Waals surface area contributed by atoms with Gasteiger partial charge in [0.25, 0.3) is 0 Å². The van der Waals surface area contributed by atoms with Crippen LogP contribution in [0.5, 0.6) is 5.75 Å². The first-order valence-corrected chi connectivity index (χ1v) is 5.86. The third kappa shape index (κ3) is 2.97. The van der Waals surface area contributed by atoms with Gasteiger partial charge in [0.15, 0.2) is 0 Å². The molecule has 3 nitrogen and oxygen atoms in total. The number of benzene rings is 1. The second kappa shape index (κ2) is 5.87. The summed E-state index contributed by atoms with van der Waals surface area (Å²) >= 11 is 0. The topological polar surface area (TPSA) is 44.5 Å². The van der Waals surface area contributed by atoms with Crippen LogP contribution in [0.3, 0.4) is 0 Å². The first-order valence-electron chi connectivity index (χ1n) is 5.86. The van der Waals surface area contributed by atoms with Crippen LogP contribution < -0.4 is 10.5 Å². The highest BCUT2D eigenvalue weighted by Gasteiger charge is 2.25. The van der Waals surface area contributed by atoms with Gasteiger partial charge in [0.05, 0.1) is 6.61 Å². The highest BCUT2D eigenvalue weighted by molar-refractivity contribution is 5.20. The smallest absolute Gasteiger partial charge is 0.119 e. The van der Waals surface area contributed by atoms with Gasteiger partial charge in [-0.1, -0.05) is 18.2 Å². The molecule has 2 atom stereocenters. The molecule has 88 valence electrons. The average molecular weight is 221 g/mol. The van der Waals surface area contributed by atoms with E-state index in [2.05, 4.69) is 0 Å². The maximum atomic E-state index is 5.78. The number of nitrogens with two attached hydrogens (primary N) is 1. The molecule has 0 amide bonds. The second-order valence-corrected chi connectivity index (χ2v) is 4.24. The van der Waals surface area contributed by atoms with Gasteiger partial charge < -0.3 is 15.2 Å². The normalized spacial score (nSPS) is 21.9. The highest BCUT2D eigenvalue weighted by atomic mass is 16.5. The van der Waals surface area contributed by atoms with Gasteiger partial charge in [0, 0.05) is 19.1 Å². The van der Waals surface area contributed by atoms with Crippen LogP contribution in [0, 0.1) is 11.8 Å². The summed E-state index contributed by atoms with van der Waals surface area (Å²) in [5, 5.41) is 0. The van der Waals surface area contributed by atoms with Crippen molar-refractivity contribution in [1.29, 1.82) is 0 Å². The van der Waals surface area contributed by atoms with Crippen LogP contribution in [-0.2, 0) is 4.74 Å². The van der Waals surface area contributed by atoms with Crippen molar-refractivity contribution in [3.05, 3.63) is 30.3 Å². The van der Waals surface area contributed by atoms with Crippen molar-refractivity contribution in [1.82, 2.24) is 0 Å². The monoisotopic (exact) mass is 221 g/mol. The molecular weight excluding hydrogens is 202 g/mol. The number of hydrogen-bond acceptors (Lipinski definition) is 3. The predicted molar refractivity (Wildman–Crippen MR) is 63.4 cm³/mol. The van der Waals surface area contributed by atoms with E-state index in [0.29, 0.717) is 25.0 Å². The van der Waals surface area contributed by atoms with Crippen molar-refractivity contribution in [2.45, 2.75) is 6.42 Å². The lowest BCUT2D eigenvalue weighted by atomic mass is 9.92. The molecule has 1 fully saturated rings. The van der Waals surface area contributed by atoms with Crippen molar-refractivity contribution < 1.29 is 9.47 Å². The van der Waals surface area contributed by atoms with Crippen LogP contribution in [0.4, 0.5) is 0 Å². The standard InChI is InChI=1S/C13H19NO2/c14-8-12(11-6-7-15-9-11)10-16-13-4-2-1-3-5-13/h1-5,11-12H,6-10,14H2. The molecule has 0 spiro atoms. The van der Waals surface area contributed by atoms with E-state index in [9.17, 15) is 0 Å². The van der Waals surface area contributed by atoms with Crippen molar-refractivity contribution >= 4 is 0 Å². The molecule has 0 aromatic heterocycles. The Bertz CT molecular complexity index is 296. The minimum atomic E-state index is 0.405. The van der Waals surface area contributed by atoms with Crippen molar-refractivity contribution in [3.63, 3.8) is 0 Å². The van der Waals surface area contributed by atoms with Gasteiger partial charge in [0.2, 0.25) is 0 Å². The zero-order valence-corrected chi connectivity index (χ0v) is 9.47. The number of rotatable bonds is 5. The van der Waals surface area contributed by atoms with Crippen molar-refractivity contribution in [2.75, 3.05) is 26.4 Å². The zero-order valence-electron chi connectivity index (χ0n) is 9.47. The number of ether oxygens (including phenoxy) is 2. The summed E-state index contributed by atoms with van der Waals surface area (Å²) in [6.45, 7) is 3.06. The van der Waals surface area contributed by atoms with Gasteiger partial charge in [-0.3, -0.25) is 0 Å². The average Bonchev–Trinajstić information content (AvgIpc) is 2.85. The van der Waals surface area contributed by atoms with E-state index >= 15 is 0 Å². The molecule has 1 aliphatic rings. The van der Waals surface area contributed by atoms with E-state index in [1.54, 1.807) is 0 Å². The molecule has 2 unspecified atom stereocenters. The lowest BCUT2D eigenvalue weighted by Crippen LogP contribution is -2.29. The van der Waals surface area contributed by atoms with Crippen LogP contribution >= 0.6 is 0 Å². The first-order chi connectivity index (χ1) is 7.90. The maximum absolute atomic E-state index is 5.78. The molecule has 0 radical (unpaired) electrons. The van der Waals surface area contributed by atoms with Crippen LogP contribution in [0.15, 0.2) is 30.3 Å². The molecule has 1 aromatic carbocycles. The SMILES string of the molecule is NCC(COc1ccccc1)C1CCOC1. The van der Waals surface area contributed by atoms with Crippen LogP contribution in [-0.4, -0.2) is 26.4 Å². The highest BCUT2D eigenvalue weighted by Crippen LogP contribution is 2.22. The molecule has 2 N–H and O–H groups in total. The van der Waals surface area contributed by atoms with E-state index in [1.807, 2.05) is 30.3 Å². The van der Waals surface area contributed by atoms with Crippen LogP contribution in [0.2, 0.25) is 0 Å². The Kier molecular flexibility index (Phi) is 4.19. The summed E-state index contributed by atoms with van der Waals surface area (Å²) in [6, 6.07) is 9.88. The van der Waals surface area contributed by atoms with E-state index < -0.39 is 0 Å². The second-order valence-electron chi connectivity index (χ2n) is 4.24. The maximum Gasteiger partial charge on any atom is 0.119 e. The molecule has 1 aromatic rings. The Balaban J connectivity index is 1.83. The molecule has 3 heteroatoms. The quantitative estimate of drug-likeness (QED) is 0.822. The van der Waals surface area contributed by atoms with Crippen LogP contribution in [0.25, 0.3) is 0 Å². The number of hydrogen-bond donors (Lipinski definition) is 1. The van der Waals surface area contributed by atoms with E-state index in [1.165, 1.54) is 0 Å². The van der Waals surface area contributed by atoms with Gasteiger partial charge in [-0.05, 0) is 31.0 Å².